The van der Waals surface area contributed by atoms with Crippen molar-refractivity contribution in [3.63, 3.8) is 0 Å². The first-order valence-electron chi connectivity index (χ1n) is 7.83. The Hall–Kier alpha value is -0.610. The lowest BCUT2D eigenvalue weighted by molar-refractivity contribution is -0.144. The topological polar surface area (TPSA) is 44.8 Å². The molecule has 0 radical (unpaired) electrons. The Bertz CT molecular complexity index is 227. The minimum Gasteiger partial charge on any atom is -0.466 e. The maximum atomic E-state index is 11.4. The van der Waals surface area contributed by atoms with Gasteiger partial charge in [-0.05, 0) is 31.1 Å². The summed E-state index contributed by atoms with van der Waals surface area (Å²) < 4.78 is 15.9. The summed E-state index contributed by atoms with van der Waals surface area (Å²) in [7, 11) is 0. The van der Waals surface area contributed by atoms with E-state index in [1.54, 1.807) is 0 Å². The number of rotatable bonds is 13. The van der Waals surface area contributed by atoms with Gasteiger partial charge in [0.1, 0.15) is 0 Å². The molecule has 0 spiro atoms. The summed E-state index contributed by atoms with van der Waals surface area (Å²) in [6.45, 7) is 11.7. The minimum atomic E-state index is -0.123. The quantitative estimate of drug-likeness (QED) is 0.385. The van der Waals surface area contributed by atoms with Crippen LogP contribution >= 0.6 is 0 Å². The molecule has 0 aliphatic carbocycles. The molecule has 0 heterocycles. The molecule has 120 valence electrons. The Balaban J connectivity index is 3.17. The van der Waals surface area contributed by atoms with Gasteiger partial charge in [0, 0.05) is 19.6 Å². The third kappa shape index (κ3) is 15.4. The second-order valence-corrected chi connectivity index (χ2v) is 5.91. The number of ether oxygens (including phenoxy) is 3. The summed E-state index contributed by atoms with van der Waals surface area (Å²) in [6, 6.07) is 0. The number of esters is 1. The third-order valence-electron chi connectivity index (χ3n) is 2.84. The largest absolute Gasteiger partial charge is 0.466 e. The summed E-state index contributed by atoms with van der Waals surface area (Å²) in [4.78, 5) is 11.4. The van der Waals surface area contributed by atoms with Crippen molar-refractivity contribution in [2.75, 3.05) is 33.0 Å². The van der Waals surface area contributed by atoms with E-state index in [1.807, 2.05) is 0 Å². The van der Waals surface area contributed by atoms with Crippen LogP contribution in [0.4, 0.5) is 0 Å². The molecule has 0 rings (SSSR count). The molecule has 0 aromatic heterocycles. The van der Waals surface area contributed by atoms with E-state index in [4.69, 9.17) is 14.2 Å². The van der Waals surface area contributed by atoms with E-state index in [9.17, 15) is 4.79 Å². The SMILES string of the molecule is CC(C)CCOCCOCCCC(=O)OCCC(C)C. The van der Waals surface area contributed by atoms with Crippen molar-refractivity contribution < 1.29 is 19.0 Å². The van der Waals surface area contributed by atoms with E-state index in [-0.39, 0.29) is 5.97 Å². The molecule has 0 aromatic rings. The van der Waals surface area contributed by atoms with E-state index >= 15 is 0 Å². The van der Waals surface area contributed by atoms with Gasteiger partial charge in [0.25, 0.3) is 0 Å². The number of hydrogen-bond acceptors (Lipinski definition) is 4. The summed E-state index contributed by atoms with van der Waals surface area (Å²) >= 11 is 0. The van der Waals surface area contributed by atoms with Crippen LogP contribution in [0.5, 0.6) is 0 Å². The molecule has 0 aromatic carbocycles. The molecule has 20 heavy (non-hydrogen) atoms. The fraction of sp³-hybridized carbons (Fsp3) is 0.938. The van der Waals surface area contributed by atoms with Gasteiger partial charge >= 0.3 is 5.97 Å². The van der Waals surface area contributed by atoms with Crippen LogP contribution < -0.4 is 0 Å². The van der Waals surface area contributed by atoms with E-state index in [1.165, 1.54) is 0 Å². The smallest absolute Gasteiger partial charge is 0.305 e. The molecule has 4 nitrogen and oxygen atoms in total. The Morgan fingerprint density at radius 2 is 1.35 bits per heavy atom. The van der Waals surface area contributed by atoms with E-state index in [0.717, 1.165) is 19.4 Å². The standard InChI is InChI=1S/C16H32O4/c1-14(2)7-10-19-13-12-18-9-5-6-16(17)20-11-8-15(3)4/h14-15H,5-13H2,1-4H3. The first-order chi connectivity index (χ1) is 9.52. The highest BCUT2D eigenvalue weighted by Gasteiger charge is 2.03. The van der Waals surface area contributed by atoms with E-state index in [0.29, 0.717) is 51.1 Å². The molecule has 0 N–H and O–H groups in total. The minimum absolute atomic E-state index is 0.123. The van der Waals surface area contributed by atoms with Crippen molar-refractivity contribution in [2.24, 2.45) is 11.8 Å². The van der Waals surface area contributed by atoms with Crippen LogP contribution in [-0.4, -0.2) is 39.0 Å². The van der Waals surface area contributed by atoms with Gasteiger partial charge in [-0.15, -0.1) is 0 Å². The molecule has 0 aliphatic heterocycles. The van der Waals surface area contributed by atoms with Crippen molar-refractivity contribution in [3.05, 3.63) is 0 Å². The van der Waals surface area contributed by atoms with Crippen LogP contribution in [0.1, 0.15) is 53.4 Å². The van der Waals surface area contributed by atoms with Crippen molar-refractivity contribution in [2.45, 2.75) is 53.4 Å². The van der Waals surface area contributed by atoms with E-state index in [2.05, 4.69) is 27.7 Å². The molecule has 0 saturated heterocycles. The highest BCUT2D eigenvalue weighted by atomic mass is 16.5. The lowest BCUT2D eigenvalue weighted by Crippen LogP contribution is -2.10. The number of carbonyl (C=O) groups excluding carboxylic acids is 1. The van der Waals surface area contributed by atoms with Gasteiger partial charge < -0.3 is 14.2 Å². The molecule has 0 aliphatic rings. The maximum absolute atomic E-state index is 11.4. The molecular weight excluding hydrogens is 256 g/mol. The molecular formula is C16H32O4. The summed E-state index contributed by atoms with van der Waals surface area (Å²) in [6.07, 6.45) is 3.16. The molecule has 0 fully saturated rings. The zero-order valence-corrected chi connectivity index (χ0v) is 13.7. The monoisotopic (exact) mass is 288 g/mol. The summed E-state index contributed by atoms with van der Waals surface area (Å²) in [5.41, 5.74) is 0. The zero-order valence-electron chi connectivity index (χ0n) is 13.7. The predicted octanol–water partition coefficient (Wildman–Crippen LogP) is 3.44. The third-order valence-corrected chi connectivity index (χ3v) is 2.84. The molecule has 0 saturated carbocycles. The molecule has 0 atom stereocenters. The van der Waals surface area contributed by atoms with Gasteiger partial charge in [0.15, 0.2) is 0 Å². The van der Waals surface area contributed by atoms with Crippen molar-refractivity contribution in [1.82, 2.24) is 0 Å². The Morgan fingerprint density at radius 3 is 1.95 bits per heavy atom. The van der Waals surface area contributed by atoms with Crippen molar-refractivity contribution >= 4 is 5.97 Å². The first-order valence-corrected chi connectivity index (χ1v) is 7.83. The molecule has 4 heteroatoms. The van der Waals surface area contributed by atoms with Gasteiger partial charge in [-0.2, -0.15) is 0 Å². The number of hydrogen-bond donors (Lipinski definition) is 0. The fourth-order valence-corrected chi connectivity index (χ4v) is 1.44. The van der Waals surface area contributed by atoms with Crippen molar-refractivity contribution in [1.29, 1.82) is 0 Å². The summed E-state index contributed by atoms with van der Waals surface area (Å²) in [5, 5.41) is 0. The van der Waals surface area contributed by atoms with Crippen LogP contribution in [-0.2, 0) is 19.0 Å². The number of carbonyl (C=O) groups is 1. The second-order valence-electron chi connectivity index (χ2n) is 5.91. The average Bonchev–Trinajstić information content (AvgIpc) is 2.36. The highest BCUT2D eigenvalue weighted by Crippen LogP contribution is 2.01. The molecule has 0 bridgehead atoms. The lowest BCUT2D eigenvalue weighted by atomic mass is 10.1. The second kappa shape index (κ2) is 13.4. The zero-order chi connectivity index (χ0) is 15.2. The molecule has 0 amide bonds. The van der Waals surface area contributed by atoms with Crippen molar-refractivity contribution in [3.8, 4) is 0 Å². The predicted molar refractivity (Wildman–Crippen MR) is 80.7 cm³/mol. The lowest BCUT2D eigenvalue weighted by Gasteiger charge is -2.08. The van der Waals surface area contributed by atoms with E-state index < -0.39 is 0 Å². The van der Waals surface area contributed by atoms with Gasteiger partial charge in [0.05, 0.1) is 19.8 Å². The Morgan fingerprint density at radius 1 is 0.800 bits per heavy atom. The highest BCUT2D eigenvalue weighted by molar-refractivity contribution is 5.69. The van der Waals surface area contributed by atoms with Crippen LogP contribution in [0.2, 0.25) is 0 Å². The van der Waals surface area contributed by atoms with Crippen LogP contribution in [0, 0.1) is 11.8 Å². The average molecular weight is 288 g/mol. The van der Waals surface area contributed by atoms with Crippen LogP contribution in [0.25, 0.3) is 0 Å². The summed E-state index contributed by atoms with van der Waals surface area (Å²) in [5.74, 6) is 1.13. The van der Waals surface area contributed by atoms with Gasteiger partial charge in [-0.3, -0.25) is 4.79 Å². The maximum Gasteiger partial charge on any atom is 0.305 e. The Labute approximate surface area is 124 Å². The molecule has 0 unspecified atom stereocenters. The van der Waals surface area contributed by atoms with Crippen LogP contribution in [0.15, 0.2) is 0 Å². The normalized spacial score (nSPS) is 11.3. The van der Waals surface area contributed by atoms with Gasteiger partial charge in [-0.25, -0.2) is 0 Å². The van der Waals surface area contributed by atoms with Gasteiger partial charge in [-0.1, -0.05) is 27.7 Å². The fourth-order valence-electron chi connectivity index (χ4n) is 1.44. The Kier molecular flexibility index (Phi) is 13.0. The van der Waals surface area contributed by atoms with Crippen LogP contribution in [0.3, 0.4) is 0 Å². The van der Waals surface area contributed by atoms with Gasteiger partial charge in [0.2, 0.25) is 0 Å². The first kappa shape index (κ1) is 19.4.